The van der Waals surface area contributed by atoms with Crippen LogP contribution in [-0.2, 0) is 14.6 Å². The predicted octanol–water partition coefficient (Wildman–Crippen LogP) is 2.41. The molecule has 0 heterocycles. The number of ether oxygens (including phenoxy) is 1. The Hall–Kier alpha value is -1.56. The minimum atomic E-state index is -3.66. The molecule has 0 spiro atoms. The summed E-state index contributed by atoms with van der Waals surface area (Å²) < 4.78 is 28.7. The van der Waals surface area contributed by atoms with Crippen LogP contribution in [0.2, 0.25) is 0 Å². The Kier molecular flexibility index (Phi) is 4.57. The van der Waals surface area contributed by atoms with E-state index in [0.717, 1.165) is 11.4 Å². The maximum Gasteiger partial charge on any atom is 0.408 e. The summed E-state index contributed by atoms with van der Waals surface area (Å²) in [5.41, 5.74) is 0.282. The van der Waals surface area contributed by atoms with Crippen molar-refractivity contribution >= 4 is 15.9 Å². The van der Waals surface area contributed by atoms with Gasteiger partial charge in [0.15, 0.2) is 5.88 Å². The highest BCUT2D eigenvalue weighted by molar-refractivity contribution is 7.93. The standard InChI is InChI=1S/C13H18NO4S/c1-10-5-7-11(8-6-10)19(16,17)9-14-12(15)18-13(2,3)4/h5-9H,1-4H3,(H,14,15). The molecule has 0 atom stereocenters. The molecule has 1 radical (unpaired) electrons. The van der Waals surface area contributed by atoms with Gasteiger partial charge in [-0.2, -0.15) is 0 Å². The quantitative estimate of drug-likeness (QED) is 0.925. The molecule has 0 aromatic heterocycles. The first kappa shape index (κ1) is 15.5. The Labute approximate surface area is 113 Å². The number of nitrogens with one attached hydrogen (secondary N) is 1. The minimum absolute atomic E-state index is 0.120. The maximum absolute atomic E-state index is 11.9. The van der Waals surface area contributed by atoms with Crippen LogP contribution >= 0.6 is 0 Å². The van der Waals surface area contributed by atoms with Gasteiger partial charge in [-0.25, -0.2) is 13.2 Å². The topological polar surface area (TPSA) is 72.5 Å². The predicted molar refractivity (Wildman–Crippen MR) is 72.0 cm³/mol. The molecule has 105 valence electrons. The SMILES string of the molecule is Cc1ccc(S(=O)(=O)[CH]NC(=O)OC(C)(C)C)cc1. The van der Waals surface area contributed by atoms with Crippen LogP contribution in [0.4, 0.5) is 4.79 Å². The van der Waals surface area contributed by atoms with E-state index in [0.29, 0.717) is 0 Å². The molecule has 0 aliphatic rings. The molecule has 6 heteroatoms. The fourth-order valence-corrected chi connectivity index (χ4v) is 2.13. The summed E-state index contributed by atoms with van der Waals surface area (Å²) in [6.07, 6.45) is -0.803. The van der Waals surface area contributed by atoms with Crippen molar-refractivity contribution in [3.05, 3.63) is 35.7 Å². The van der Waals surface area contributed by atoms with E-state index in [4.69, 9.17) is 4.74 Å². The molecule has 0 unspecified atom stereocenters. The Morgan fingerprint density at radius 2 is 1.74 bits per heavy atom. The Morgan fingerprint density at radius 1 is 1.21 bits per heavy atom. The van der Waals surface area contributed by atoms with Crippen LogP contribution in [-0.4, -0.2) is 20.1 Å². The largest absolute Gasteiger partial charge is 0.444 e. The molecule has 1 amide bonds. The molecule has 0 fully saturated rings. The van der Waals surface area contributed by atoms with Crippen molar-refractivity contribution in [3.8, 4) is 0 Å². The smallest absolute Gasteiger partial charge is 0.408 e. The summed E-state index contributed by atoms with van der Waals surface area (Å²) in [5, 5.41) is 2.12. The van der Waals surface area contributed by atoms with E-state index in [-0.39, 0.29) is 4.90 Å². The lowest BCUT2D eigenvalue weighted by Crippen LogP contribution is -2.32. The number of rotatable bonds is 3. The number of carbonyl (C=O) groups is 1. The van der Waals surface area contributed by atoms with Crippen molar-refractivity contribution in [2.24, 2.45) is 0 Å². The van der Waals surface area contributed by atoms with Crippen LogP contribution in [0.5, 0.6) is 0 Å². The molecule has 0 saturated carbocycles. The first-order valence-corrected chi connectivity index (χ1v) is 7.29. The van der Waals surface area contributed by atoms with E-state index in [2.05, 4.69) is 5.32 Å². The Balaban J connectivity index is 2.66. The van der Waals surface area contributed by atoms with Crippen molar-refractivity contribution in [1.29, 1.82) is 0 Å². The highest BCUT2D eigenvalue weighted by atomic mass is 32.2. The third kappa shape index (κ3) is 5.30. The van der Waals surface area contributed by atoms with E-state index >= 15 is 0 Å². The monoisotopic (exact) mass is 284 g/mol. The van der Waals surface area contributed by atoms with Crippen molar-refractivity contribution in [2.75, 3.05) is 0 Å². The van der Waals surface area contributed by atoms with Gasteiger partial charge in [0.25, 0.3) is 0 Å². The van der Waals surface area contributed by atoms with Gasteiger partial charge in [0.05, 0.1) is 4.90 Å². The van der Waals surface area contributed by atoms with E-state index in [1.165, 1.54) is 12.1 Å². The highest BCUT2D eigenvalue weighted by Crippen LogP contribution is 2.14. The van der Waals surface area contributed by atoms with Crippen LogP contribution in [0.1, 0.15) is 26.3 Å². The molecular formula is C13H18NO4S. The number of hydrogen-bond acceptors (Lipinski definition) is 4. The van der Waals surface area contributed by atoms with Gasteiger partial charge in [-0.05, 0) is 39.8 Å². The molecular weight excluding hydrogens is 266 g/mol. The van der Waals surface area contributed by atoms with Crippen LogP contribution in [0, 0.1) is 12.8 Å². The number of alkyl carbamates (subject to hydrolysis) is 1. The first-order chi connectivity index (χ1) is 8.60. The molecule has 1 aromatic carbocycles. The molecule has 19 heavy (non-hydrogen) atoms. The lowest BCUT2D eigenvalue weighted by Gasteiger charge is -2.19. The number of sulfone groups is 1. The van der Waals surface area contributed by atoms with Crippen LogP contribution in [0.15, 0.2) is 29.2 Å². The van der Waals surface area contributed by atoms with E-state index in [1.54, 1.807) is 32.9 Å². The highest BCUT2D eigenvalue weighted by Gasteiger charge is 2.20. The van der Waals surface area contributed by atoms with Gasteiger partial charge in [0, 0.05) is 0 Å². The zero-order valence-electron chi connectivity index (χ0n) is 11.4. The molecule has 0 aliphatic heterocycles. The zero-order valence-corrected chi connectivity index (χ0v) is 12.2. The number of benzene rings is 1. The second-order valence-electron chi connectivity index (χ2n) is 5.12. The molecule has 1 aromatic rings. The third-order valence-corrected chi connectivity index (χ3v) is 3.44. The van der Waals surface area contributed by atoms with Crippen molar-refractivity contribution in [3.63, 3.8) is 0 Å². The summed E-state index contributed by atoms with van der Waals surface area (Å²) in [4.78, 5) is 11.5. The molecule has 1 rings (SSSR count). The van der Waals surface area contributed by atoms with E-state index in [9.17, 15) is 13.2 Å². The van der Waals surface area contributed by atoms with E-state index in [1.807, 2.05) is 6.92 Å². The molecule has 0 saturated heterocycles. The molecule has 5 nitrogen and oxygen atoms in total. The minimum Gasteiger partial charge on any atom is -0.444 e. The molecule has 0 bridgehead atoms. The fraction of sp³-hybridized carbons (Fsp3) is 0.385. The summed E-state index contributed by atoms with van der Waals surface area (Å²) in [7, 11) is -3.66. The van der Waals surface area contributed by atoms with Gasteiger partial charge in [-0.1, -0.05) is 17.7 Å². The molecule has 1 N–H and O–H groups in total. The fourth-order valence-electron chi connectivity index (χ4n) is 1.23. The van der Waals surface area contributed by atoms with Crippen LogP contribution in [0.25, 0.3) is 0 Å². The van der Waals surface area contributed by atoms with Crippen LogP contribution in [0.3, 0.4) is 0 Å². The maximum atomic E-state index is 11.9. The Bertz CT molecular complexity index is 541. The Morgan fingerprint density at radius 3 is 2.21 bits per heavy atom. The average Bonchev–Trinajstić information content (AvgIpc) is 2.25. The lowest BCUT2D eigenvalue weighted by atomic mass is 10.2. The first-order valence-electron chi connectivity index (χ1n) is 5.75. The third-order valence-electron chi connectivity index (χ3n) is 2.08. The molecule has 0 aliphatic carbocycles. The summed E-state index contributed by atoms with van der Waals surface area (Å²) >= 11 is 0. The number of hydrogen-bond donors (Lipinski definition) is 1. The van der Waals surface area contributed by atoms with Crippen molar-refractivity contribution < 1.29 is 17.9 Å². The summed E-state index contributed by atoms with van der Waals surface area (Å²) in [6, 6.07) is 6.35. The lowest BCUT2D eigenvalue weighted by molar-refractivity contribution is 0.0547. The number of carbonyl (C=O) groups excluding carboxylic acids is 1. The van der Waals surface area contributed by atoms with Crippen LogP contribution < -0.4 is 5.32 Å². The van der Waals surface area contributed by atoms with Gasteiger partial charge in [0.2, 0.25) is 9.84 Å². The van der Waals surface area contributed by atoms with Gasteiger partial charge in [0.1, 0.15) is 5.60 Å². The van der Waals surface area contributed by atoms with E-state index < -0.39 is 21.5 Å². The average molecular weight is 284 g/mol. The normalized spacial score (nSPS) is 12.0. The van der Waals surface area contributed by atoms with Gasteiger partial charge >= 0.3 is 6.09 Å². The number of aryl methyl sites for hydroxylation is 1. The van der Waals surface area contributed by atoms with Crippen molar-refractivity contribution in [2.45, 2.75) is 38.2 Å². The summed E-state index contributed by atoms with van der Waals surface area (Å²) in [6.45, 7) is 6.95. The van der Waals surface area contributed by atoms with Gasteiger partial charge in [-0.3, -0.25) is 0 Å². The van der Waals surface area contributed by atoms with Crippen molar-refractivity contribution in [1.82, 2.24) is 5.32 Å². The second kappa shape index (κ2) is 5.61. The van der Waals surface area contributed by atoms with Gasteiger partial charge < -0.3 is 10.1 Å². The zero-order chi connectivity index (χ0) is 14.7. The summed E-state index contributed by atoms with van der Waals surface area (Å²) in [5.74, 6) is 0.742. The second-order valence-corrected chi connectivity index (χ2v) is 6.92. The van der Waals surface area contributed by atoms with Gasteiger partial charge in [-0.15, -0.1) is 0 Å². The number of amides is 1.